The Bertz CT molecular complexity index is 587. The lowest BCUT2D eigenvalue weighted by atomic mass is 10.1. The van der Waals surface area contributed by atoms with Gasteiger partial charge in [0.1, 0.15) is 5.82 Å². The van der Waals surface area contributed by atoms with Crippen molar-refractivity contribution in [2.45, 2.75) is 20.4 Å². The molecule has 0 radical (unpaired) electrons. The molecule has 2 aromatic rings. The van der Waals surface area contributed by atoms with E-state index < -0.39 is 0 Å². The van der Waals surface area contributed by atoms with Crippen molar-refractivity contribution in [2.24, 2.45) is 0 Å². The summed E-state index contributed by atoms with van der Waals surface area (Å²) < 4.78 is 2.35. The average Bonchev–Trinajstić information content (AvgIpc) is 2.32. The van der Waals surface area contributed by atoms with Gasteiger partial charge in [-0.3, -0.25) is 9.36 Å². The van der Waals surface area contributed by atoms with Crippen LogP contribution in [0.3, 0.4) is 0 Å². The molecule has 3 nitrogen and oxygen atoms in total. The van der Waals surface area contributed by atoms with E-state index >= 15 is 0 Å². The molecule has 88 valence electrons. The van der Waals surface area contributed by atoms with E-state index in [1.54, 1.807) is 10.8 Å². The highest BCUT2D eigenvalue weighted by Crippen LogP contribution is 2.06. The summed E-state index contributed by atoms with van der Waals surface area (Å²) >= 11 is 2.02. The van der Waals surface area contributed by atoms with Crippen LogP contribution in [-0.4, -0.2) is 9.55 Å². The van der Waals surface area contributed by atoms with Gasteiger partial charge in [0.05, 0.1) is 10.1 Å². The van der Waals surface area contributed by atoms with Crippen molar-refractivity contribution >= 4 is 22.6 Å². The second-order valence-electron chi connectivity index (χ2n) is 4.03. The van der Waals surface area contributed by atoms with Gasteiger partial charge >= 0.3 is 0 Å². The van der Waals surface area contributed by atoms with Gasteiger partial charge in [0.15, 0.2) is 0 Å². The normalized spacial score (nSPS) is 10.5. The number of aromatic nitrogens is 2. The summed E-state index contributed by atoms with van der Waals surface area (Å²) in [5.74, 6) is 0.746. The largest absolute Gasteiger partial charge is 0.292 e. The third-order valence-corrected chi connectivity index (χ3v) is 3.41. The molecule has 0 saturated heterocycles. The van der Waals surface area contributed by atoms with Gasteiger partial charge in [-0.15, -0.1) is 0 Å². The Labute approximate surface area is 114 Å². The first-order chi connectivity index (χ1) is 8.08. The van der Waals surface area contributed by atoms with Gasteiger partial charge in [-0.25, -0.2) is 4.98 Å². The lowest BCUT2D eigenvalue weighted by Gasteiger charge is -2.09. The zero-order valence-corrected chi connectivity index (χ0v) is 11.9. The van der Waals surface area contributed by atoms with E-state index in [1.165, 1.54) is 5.56 Å². The van der Waals surface area contributed by atoms with Crippen molar-refractivity contribution in [2.75, 3.05) is 0 Å². The van der Waals surface area contributed by atoms with Crippen molar-refractivity contribution < 1.29 is 0 Å². The van der Waals surface area contributed by atoms with Crippen molar-refractivity contribution in [3.8, 4) is 0 Å². The van der Waals surface area contributed by atoms with E-state index in [0.717, 1.165) is 11.4 Å². The van der Waals surface area contributed by atoms with Gasteiger partial charge in [-0.2, -0.15) is 0 Å². The number of hydrogen-bond donors (Lipinski definition) is 0. The molecule has 0 N–H and O–H groups in total. The highest BCUT2D eigenvalue weighted by atomic mass is 127. The lowest BCUT2D eigenvalue weighted by molar-refractivity contribution is 0.695. The lowest BCUT2D eigenvalue weighted by Crippen LogP contribution is -2.26. The van der Waals surface area contributed by atoms with Crippen LogP contribution in [0, 0.1) is 17.4 Å². The van der Waals surface area contributed by atoms with Gasteiger partial charge < -0.3 is 0 Å². The van der Waals surface area contributed by atoms with Crippen LogP contribution in [0.5, 0.6) is 0 Å². The highest BCUT2D eigenvalue weighted by molar-refractivity contribution is 14.1. The quantitative estimate of drug-likeness (QED) is 0.788. The minimum absolute atomic E-state index is 0.0266. The van der Waals surface area contributed by atoms with Crippen LogP contribution in [0.4, 0.5) is 0 Å². The zero-order valence-electron chi connectivity index (χ0n) is 9.77. The monoisotopic (exact) mass is 340 g/mol. The predicted molar refractivity (Wildman–Crippen MR) is 76.2 cm³/mol. The van der Waals surface area contributed by atoms with Crippen LogP contribution in [0.2, 0.25) is 0 Å². The predicted octanol–water partition coefficient (Wildman–Crippen LogP) is 2.51. The van der Waals surface area contributed by atoms with E-state index in [2.05, 4.69) is 17.1 Å². The van der Waals surface area contributed by atoms with Gasteiger partial charge in [0.25, 0.3) is 5.56 Å². The van der Waals surface area contributed by atoms with Crippen LogP contribution < -0.4 is 5.56 Å². The van der Waals surface area contributed by atoms with E-state index in [0.29, 0.717) is 10.1 Å². The van der Waals surface area contributed by atoms with Gasteiger partial charge in [0.2, 0.25) is 0 Å². The zero-order chi connectivity index (χ0) is 12.4. The second kappa shape index (κ2) is 5.00. The third kappa shape index (κ3) is 2.74. The molecule has 0 aliphatic heterocycles. The maximum atomic E-state index is 12.0. The number of halogens is 1. The molecule has 2 rings (SSSR count). The standard InChI is InChI=1S/C13H13IN2O/c1-9-3-5-11(6-4-9)8-16-10(2)15-7-12(14)13(16)17/h3-7H,8H2,1-2H3. The average molecular weight is 340 g/mol. The van der Waals surface area contributed by atoms with Crippen molar-refractivity contribution in [1.29, 1.82) is 0 Å². The topological polar surface area (TPSA) is 34.9 Å². The van der Waals surface area contributed by atoms with Crippen LogP contribution in [0.25, 0.3) is 0 Å². The molecule has 0 unspecified atom stereocenters. The summed E-state index contributed by atoms with van der Waals surface area (Å²) in [7, 11) is 0. The molecule has 1 aromatic heterocycles. The molecule has 1 aromatic carbocycles. The molecule has 0 fully saturated rings. The highest BCUT2D eigenvalue weighted by Gasteiger charge is 2.05. The summed E-state index contributed by atoms with van der Waals surface area (Å²) in [5.41, 5.74) is 2.36. The Morgan fingerprint density at radius 2 is 1.88 bits per heavy atom. The summed E-state index contributed by atoms with van der Waals surface area (Å²) in [5, 5.41) is 0. The molecule has 0 aliphatic rings. The van der Waals surface area contributed by atoms with E-state index in [4.69, 9.17) is 0 Å². The van der Waals surface area contributed by atoms with Crippen molar-refractivity contribution in [3.05, 3.63) is 61.3 Å². The molecule has 0 saturated carbocycles. The number of rotatable bonds is 2. The van der Waals surface area contributed by atoms with Gasteiger partial charge in [-0.05, 0) is 42.0 Å². The molecular formula is C13H13IN2O. The molecule has 0 atom stereocenters. The Morgan fingerprint density at radius 1 is 1.24 bits per heavy atom. The maximum absolute atomic E-state index is 12.0. The molecule has 1 heterocycles. The first-order valence-electron chi connectivity index (χ1n) is 5.35. The minimum atomic E-state index is 0.0266. The molecule has 0 spiro atoms. The van der Waals surface area contributed by atoms with Crippen molar-refractivity contribution in [3.63, 3.8) is 0 Å². The van der Waals surface area contributed by atoms with Gasteiger partial charge in [0, 0.05) is 6.20 Å². The second-order valence-corrected chi connectivity index (χ2v) is 5.19. The summed E-state index contributed by atoms with van der Waals surface area (Å²) in [6.07, 6.45) is 1.61. The molecular weight excluding hydrogens is 327 g/mol. The van der Waals surface area contributed by atoms with E-state index in [1.807, 2.05) is 48.6 Å². The molecule has 0 amide bonds. The van der Waals surface area contributed by atoms with Crippen LogP contribution in [-0.2, 0) is 6.54 Å². The molecule has 17 heavy (non-hydrogen) atoms. The van der Waals surface area contributed by atoms with Crippen LogP contribution in [0.1, 0.15) is 17.0 Å². The Morgan fingerprint density at radius 3 is 2.53 bits per heavy atom. The molecule has 0 bridgehead atoms. The Balaban J connectivity index is 2.39. The number of aryl methyl sites for hydroxylation is 2. The fourth-order valence-electron chi connectivity index (χ4n) is 1.61. The SMILES string of the molecule is Cc1ccc(Cn2c(C)ncc(I)c2=O)cc1. The van der Waals surface area contributed by atoms with Gasteiger partial charge in [-0.1, -0.05) is 29.8 Å². The van der Waals surface area contributed by atoms with Crippen molar-refractivity contribution in [1.82, 2.24) is 9.55 Å². The van der Waals surface area contributed by atoms with E-state index in [-0.39, 0.29) is 5.56 Å². The maximum Gasteiger partial charge on any atom is 0.267 e. The summed E-state index contributed by atoms with van der Waals surface area (Å²) in [4.78, 5) is 16.2. The number of nitrogens with zero attached hydrogens (tertiary/aromatic N) is 2. The van der Waals surface area contributed by atoms with Crippen LogP contribution in [0.15, 0.2) is 35.3 Å². The first-order valence-corrected chi connectivity index (χ1v) is 6.43. The summed E-state index contributed by atoms with van der Waals surface area (Å²) in [6.45, 7) is 4.48. The third-order valence-electron chi connectivity index (χ3n) is 2.67. The molecule has 4 heteroatoms. The first kappa shape index (κ1) is 12.3. The minimum Gasteiger partial charge on any atom is -0.292 e. The number of hydrogen-bond acceptors (Lipinski definition) is 2. The molecule has 0 aliphatic carbocycles. The summed E-state index contributed by atoms with van der Waals surface area (Å²) in [6, 6.07) is 8.19. The smallest absolute Gasteiger partial charge is 0.267 e. The Hall–Kier alpha value is -1.17. The van der Waals surface area contributed by atoms with Crippen LogP contribution >= 0.6 is 22.6 Å². The fourth-order valence-corrected chi connectivity index (χ4v) is 2.04. The number of benzene rings is 1. The fraction of sp³-hybridized carbons (Fsp3) is 0.231. The van der Waals surface area contributed by atoms with E-state index in [9.17, 15) is 4.79 Å². The Kier molecular flexibility index (Phi) is 3.61.